The van der Waals surface area contributed by atoms with Gasteiger partial charge >= 0.3 is 5.97 Å². The number of anilines is 3. The fourth-order valence-corrected chi connectivity index (χ4v) is 5.03. The van der Waals surface area contributed by atoms with Crippen LogP contribution in [0, 0.1) is 5.92 Å². The molecule has 0 unspecified atom stereocenters. The summed E-state index contributed by atoms with van der Waals surface area (Å²) in [4.78, 5) is 34.9. The zero-order valence-corrected chi connectivity index (χ0v) is 19.6. The fourth-order valence-electron chi connectivity index (χ4n) is 5.03. The summed E-state index contributed by atoms with van der Waals surface area (Å²) in [6, 6.07) is 12.0. The Kier molecular flexibility index (Phi) is 5.13. The Labute approximate surface area is 207 Å². The number of benzene rings is 2. The first-order valence-electron chi connectivity index (χ1n) is 12.0. The first-order valence-corrected chi connectivity index (χ1v) is 12.0. The van der Waals surface area contributed by atoms with E-state index in [1.807, 2.05) is 16.7 Å². The number of fused-ring (bicyclic) bond motifs is 2. The molecule has 4 aromatic rings. The molecule has 2 aromatic heterocycles. The van der Waals surface area contributed by atoms with Gasteiger partial charge in [-0.3, -0.25) is 4.79 Å². The van der Waals surface area contributed by atoms with E-state index in [2.05, 4.69) is 33.1 Å². The third-order valence-electron chi connectivity index (χ3n) is 7.15. The van der Waals surface area contributed by atoms with Gasteiger partial charge in [-0.25, -0.2) is 9.78 Å². The number of nitrogens with zero attached hydrogens (tertiary/aromatic N) is 4. The Morgan fingerprint density at radius 2 is 1.89 bits per heavy atom. The molecule has 36 heavy (non-hydrogen) atoms. The standard InChI is InChI=1S/C27H26N6O3/c28-25-19(11-30-27(29)31-25)13-32-8-7-18-9-16(4-6-22(18)32)17-3-5-20-23(10-17)33(12-15-1-2-15)14-21(24(20)34)26(35)36/h3-6,9-11,14-15H,1-2,7-8,12-13H2,(H,35,36)(H4,28,29,30,31). The summed E-state index contributed by atoms with van der Waals surface area (Å²) in [6.45, 7) is 2.19. The Balaban J connectivity index is 1.35. The van der Waals surface area contributed by atoms with Crippen molar-refractivity contribution in [2.24, 2.45) is 5.92 Å². The summed E-state index contributed by atoms with van der Waals surface area (Å²) in [5.74, 6) is -0.0923. The van der Waals surface area contributed by atoms with Gasteiger partial charge in [0.05, 0.1) is 5.52 Å². The van der Waals surface area contributed by atoms with Crippen molar-refractivity contribution in [2.75, 3.05) is 22.9 Å². The first kappa shape index (κ1) is 22.1. The normalized spacial score (nSPS) is 14.8. The Morgan fingerprint density at radius 1 is 1.11 bits per heavy atom. The number of aromatic carboxylic acids is 1. The van der Waals surface area contributed by atoms with E-state index in [-0.39, 0.29) is 11.5 Å². The predicted molar refractivity (Wildman–Crippen MR) is 139 cm³/mol. The molecular weight excluding hydrogens is 456 g/mol. The summed E-state index contributed by atoms with van der Waals surface area (Å²) in [5.41, 5.74) is 17.1. The third-order valence-corrected chi connectivity index (χ3v) is 7.15. The Bertz CT molecular complexity index is 1590. The lowest BCUT2D eigenvalue weighted by atomic mass is 9.99. The zero-order valence-electron chi connectivity index (χ0n) is 19.6. The molecule has 3 heterocycles. The van der Waals surface area contributed by atoms with E-state index in [0.717, 1.165) is 60.2 Å². The quantitative estimate of drug-likeness (QED) is 0.380. The van der Waals surface area contributed by atoms with Gasteiger partial charge in [0.1, 0.15) is 11.4 Å². The molecule has 9 nitrogen and oxygen atoms in total. The maximum atomic E-state index is 12.8. The van der Waals surface area contributed by atoms with Crippen molar-refractivity contribution in [3.63, 3.8) is 0 Å². The van der Waals surface area contributed by atoms with Crippen molar-refractivity contribution in [1.82, 2.24) is 14.5 Å². The second-order valence-corrected chi connectivity index (χ2v) is 9.66. The van der Waals surface area contributed by atoms with Gasteiger partial charge in [0, 0.05) is 48.7 Å². The molecule has 0 saturated heterocycles. The molecule has 0 bridgehead atoms. The Morgan fingerprint density at radius 3 is 2.64 bits per heavy atom. The molecule has 2 aliphatic rings. The highest BCUT2D eigenvalue weighted by Gasteiger charge is 2.24. The number of pyridine rings is 1. The van der Waals surface area contributed by atoms with Gasteiger partial charge in [-0.05, 0) is 66.1 Å². The molecule has 1 aliphatic heterocycles. The summed E-state index contributed by atoms with van der Waals surface area (Å²) in [5, 5.41) is 9.97. The van der Waals surface area contributed by atoms with Crippen LogP contribution in [0.15, 0.2) is 53.6 Å². The minimum Gasteiger partial charge on any atom is -0.477 e. The largest absolute Gasteiger partial charge is 0.477 e. The number of hydrogen-bond acceptors (Lipinski definition) is 7. The van der Waals surface area contributed by atoms with Crippen LogP contribution in [0.25, 0.3) is 22.0 Å². The van der Waals surface area contributed by atoms with E-state index in [9.17, 15) is 14.7 Å². The van der Waals surface area contributed by atoms with Gasteiger partial charge in [-0.2, -0.15) is 4.98 Å². The second kappa shape index (κ2) is 8.37. The zero-order chi connectivity index (χ0) is 25.0. The van der Waals surface area contributed by atoms with Crippen LogP contribution in [0.4, 0.5) is 17.5 Å². The van der Waals surface area contributed by atoms with Crippen molar-refractivity contribution in [1.29, 1.82) is 0 Å². The van der Waals surface area contributed by atoms with Crippen molar-refractivity contribution >= 4 is 34.3 Å². The van der Waals surface area contributed by atoms with Gasteiger partial charge in [-0.15, -0.1) is 0 Å². The van der Waals surface area contributed by atoms with Crippen LogP contribution in [0.2, 0.25) is 0 Å². The highest BCUT2D eigenvalue weighted by molar-refractivity contribution is 5.94. The average Bonchev–Trinajstić information content (AvgIpc) is 3.60. The molecule has 1 aliphatic carbocycles. The van der Waals surface area contributed by atoms with Crippen LogP contribution in [0.1, 0.15) is 34.3 Å². The number of rotatable bonds is 6. The summed E-state index contributed by atoms with van der Waals surface area (Å²) in [7, 11) is 0. The van der Waals surface area contributed by atoms with Gasteiger partial charge in [-0.1, -0.05) is 12.1 Å². The molecule has 0 radical (unpaired) electrons. The molecular formula is C27H26N6O3. The molecule has 1 fully saturated rings. The number of hydrogen-bond donors (Lipinski definition) is 3. The minimum atomic E-state index is -1.19. The first-order chi connectivity index (χ1) is 17.4. The summed E-state index contributed by atoms with van der Waals surface area (Å²) >= 11 is 0. The fraction of sp³-hybridized carbons (Fsp3) is 0.259. The highest BCUT2D eigenvalue weighted by Crippen LogP contribution is 2.35. The summed E-state index contributed by atoms with van der Waals surface area (Å²) in [6.07, 6.45) is 6.34. The number of nitrogens with two attached hydrogens (primary N) is 2. The van der Waals surface area contributed by atoms with Crippen molar-refractivity contribution in [3.05, 3.63) is 75.7 Å². The van der Waals surface area contributed by atoms with Crippen LogP contribution >= 0.6 is 0 Å². The van der Waals surface area contributed by atoms with E-state index >= 15 is 0 Å². The number of carboxylic acids is 1. The number of carboxylic acid groups (broad SMARTS) is 1. The van der Waals surface area contributed by atoms with Crippen LogP contribution < -0.4 is 21.8 Å². The Hall–Kier alpha value is -4.40. The topological polar surface area (TPSA) is 140 Å². The number of carbonyl (C=O) groups is 1. The lowest BCUT2D eigenvalue weighted by molar-refractivity contribution is 0.0694. The number of nitrogen functional groups attached to an aromatic ring is 2. The third kappa shape index (κ3) is 3.92. The molecule has 0 amide bonds. The molecule has 6 rings (SSSR count). The molecule has 0 atom stereocenters. The minimum absolute atomic E-state index is 0.167. The monoisotopic (exact) mass is 482 g/mol. The van der Waals surface area contributed by atoms with Crippen molar-refractivity contribution in [2.45, 2.75) is 32.4 Å². The van der Waals surface area contributed by atoms with Crippen molar-refractivity contribution < 1.29 is 9.90 Å². The maximum Gasteiger partial charge on any atom is 0.341 e. The molecule has 5 N–H and O–H groups in total. The summed E-state index contributed by atoms with van der Waals surface area (Å²) < 4.78 is 1.94. The van der Waals surface area contributed by atoms with E-state index < -0.39 is 11.4 Å². The van der Waals surface area contributed by atoms with Gasteiger partial charge < -0.3 is 26.0 Å². The molecule has 2 aromatic carbocycles. The van der Waals surface area contributed by atoms with Gasteiger partial charge in [0.25, 0.3) is 0 Å². The van der Waals surface area contributed by atoms with Crippen LogP contribution in [-0.4, -0.2) is 32.2 Å². The predicted octanol–water partition coefficient (Wildman–Crippen LogP) is 3.29. The van der Waals surface area contributed by atoms with Gasteiger partial charge in [0.15, 0.2) is 0 Å². The smallest absolute Gasteiger partial charge is 0.341 e. The lowest BCUT2D eigenvalue weighted by Crippen LogP contribution is -2.21. The van der Waals surface area contributed by atoms with Crippen molar-refractivity contribution in [3.8, 4) is 11.1 Å². The van der Waals surface area contributed by atoms with E-state index in [0.29, 0.717) is 23.7 Å². The average molecular weight is 483 g/mol. The number of aromatic nitrogens is 3. The molecule has 182 valence electrons. The second-order valence-electron chi connectivity index (χ2n) is 9.66. The molecule has 0 spiro atoms. The highest BCUT2D eigenvalue weighted by atomic mass is 16.4. The van der Waals surface area contributed by atoms with Gasteiger partial charge in [0.2, 0.25) is 11.4 Å². The maximum absolute atomic E-state index is 12.8. The van der Waals surface area contributed by atoms with Crippen LogP contribution in [0.5, 0.6) is 0 Å². The SMILES string of the molecule is Nc1ncc(CN2CCc3cc(-c4ccc5c(=O)c(C(=O)O)cn(CC6CC6)c5c4)ccc32)c(N)n1. The van der Waals surface area contributed by atoms with Crippen LogP contribution in [-0.2, 0) is 19.5 Å². The lowest BCUT2D eigenvalue weighted by Gasteiger charge is -2.20. The van der Waals surface area contributed by atoms with E-state index in [1.54, 1.807) is 12.3 Å². The molecule has 1 saturated carbocycles. The van der Waals surface area contributed by atoms with Crippen LogP contribution in [0.3, 0.4) is 0 Å². The molecule has 9 heteroatoms. The van der Waals surface area contributed by atoms with E-state index in [4.69, 9.17) is 11.5 Å². The van der Waals surface area contributed by atoms with E-state index in [1.165, 1.54) is 11.8 Å².